The summed E-state index contributed by atoms with van der Waals surface area (Å²) in [6.45, 7) is 10.9. The molecule has 1 aromatic carbocycles. The van der Waals surface area contributed by atoms with Crippen LogP contribution in [0.25, 0.3) is 0 Å². The molecule has 0 fully saturated rings. The van der Waals surface area contributed by atoms with E-state index in [0.717, 1.165) is 12.0 Å². The first-order chi connectivity index (χ1) is 14.2. The molecule has 0 saturated heterocycles. The third kappa shape index (κ3) is 10.2. The van der Waals surface area contributed by atoms with Crippen molar-refractivity contribution in [3.05, 3.63) is 34.9 Å². The van der Waals surface area contributed by atoms with Gasteiger partial charge in [0.25, 0.3) is 0 Å². The van der Waals surface area contributed by atoms with Gasteiger partial charge in [0.05, 0.1) is 13.5 Å². The first kappa shape index (κ1) is 27.0. The van der Waals surface area contributed by atoms with Crippen molar-refractivity contribution < 1.29 is 23.9 Å². The van der Waals surface area contributed by atoms with Gasteiger partial charge in [0.15, 0.2) is 0 Å². The summed E-state index contributed by atoms with van der Waals surface area (Å²) >= 11 is 5.93. The Labute approximate surface area is 191 Å². The van der Waals surface area contributed by atoms with Gasteiger partial charge in [0, 0.05) is 10.9 Å². The van der Waals surface area contributed by atoms with Crippen LogP contribution in [0.15, 0.2) is 24.3 Å². The van der Waals surface area contributed by atoms with Crippen LogP contribution in [-0.2, 0) is 30.3 Å². The highest BCUT2D eigenvalue weighted by atomic mass is 35.5. The molecular formula is C24H36ClNO5. The van der Waals surface area contributed by atoms with E-state index in [1.165, 1.54) is 7.11 Å². The molecular weight excluding hydrogens is 418 g/mol. The number of methoxy groups -OCH3 is 1. The zero-order valence-corrected chi connectivity index (χ0v) is 20.5. The lowest BCUT2D eigenvalue weighted by Crippen LogP contribution is -2.51. The lowest BCUT2D eigenvalue weighted by molar-refractivity contribution is -0.157. The Morgan fingerprint density at radius 3 is 2.10 bits per heavy atom. The van der Waals surface area contributed by atoms with Gasteiger partial charge in [0.1, 0.15) is 11.6 Å². The zero-order chi connectivity index (χ0) is 23.8. The predicted molar refractivity (Wildman–Crippen MR) is 122 cm³/mol. The molecule has 0 saturated carbocycles. The van der Waals surface area contributed by atoms with Crippen LogP contribution in [0.5, 0.6) is 0 Å². The Morgan fingerprint density at radius 2 is 1.61 bits per heavy atom. The summed E-state index contributed by atoms with van der Waals surface area (Å²) in [6, 6.07) is 6.72. The number of amides is 1. The molecule has 7 heteroatoms. The van der Waals surface area contributed by atoms with Crippen LogP contribution in [0, 0.1) is 11.3 Å². The van der Waals surface area contributed by atoms with E-state index in [1.807, 2.05) is 45.0 Å². The first-order valence-electron chi connectivity index (χ1n) is 10.6. The normalized spacial score (nSPS) is 13.8. The minimum atomic E-state index is -0.817. The van der Waals surface area contributed by atoms with E-state index in [9.17, 15) is 14.4 Å². The molecule has 2 atom stereocenters. The molecule has 0 spiro atoms. The number of halogens is 1. The Morgan fingerprint density at radius 1 is 1.03 bits per heavy atom. The third-order valence-electron chi connectivity index (χ3n) is 4.72. The summed E-state index contributed by atoms with van der Waals surface area (Å²) in [5.74, 6) is -1.92. The number of aryl methyl sites for hydroxylation is 1. The summed E-state index contributed by atoms with van der Waals surface area (Å²) in [5.41, 5.74) is -0.0767. The van der Waals surface area contributed by atoms with Gasteiger partial charge in [-0.3, -0.25) is 9.59 Å². The van der Waals surface area contributed by atoms with Crippen molar-refractivity contribution >= 4 is 29.4 Å². The van der Waals surface area contributed by atoms with Gasteiger partial charge < -0.3 is 14.8 Å². The maximum atomic E-state index is 13.1. The fourth-order valence-corrected chi connectivity index (χ4v) is 3.25. The van der Waals surface area contributed by atoms with E-state index >= 15 is 0 Å². The molecule has 1 aromatic rings. The molecule has 174 valence electrons. The van der Waals surface area contributed by atoms with Crippen LogP contribution in [0.4, 0.5) is 0 Å². The topological polar surface area (TPSA) is 81.7 Å². The van der Waals surface area contributed by atoms with Crippen molar-refractivity contribution in [1.29, 1.82) is 0 Å². The standard InChI is InChI=1S/C24H36ClNO5/c1-23(2,3)20(22(29)30-7)26-21(28)17(15-19(27)31-24(4,5)6)10-8-9-16-11-13-18(25)14-12-16/h11-14,17,20H,8-10,15H2,1-7H3,(H,26,28)/t17-,20-/m1/s1. The first-order valence-corrected chi connectivity index (χ1v) is 10.9. The maximum Gasteiger partial charge on any atom is 0.328 e. The second-order valence-electron chi connectivity index (χ2n) is 9.84. The number of esters is 2. The lowest BCUT2D eigenvalue weighted by Gasteiger charge is -2.30. The van der Waals surface area contributed by atoms with E-state index in [1.54, 1.807) is 20.8 Å². The van der Waals surface area contributed by atoms with Crippen LogP contribution < -0.4 is 5.32 Å². The summed E-state index contributed by atoms with van der Waals surface area (Å²) < 4.78 is 10.3. The van der Waals surface area contributed by atoms with E-state index in [2.05, 4.69) is 5.32 Å². The summed E-state index contributed by atoms with van der Waals surface area (Å²) in [4.78, 5) is 37.7. The molecule has 0 bridgehead atoms. The predicted octanol–water partition coefficient (Wildman–Crippen LogP) is 4.71. The average Bonchev–Trinajstić information content (AvgIpc) is 2.63. The molecule has 1 amide bonds. The van der Waals surface area contributed by atoms with Crippen molar-refractivity contribution in [3.8, 4) is 0 Å². The summed E-state index contributed by atoms with van der Waals surface area (Å²) in [6.07, 6.45) is 1.86. The van der Waals surface area contributed by atoms with Crippen molar-refractivity contribution in [3.63, 3.8) is 0 Å². The fraction of sp³-hybridized carbons (Fsp3) is 0.625. The quantitative estimate of drug-likeness (QED) is 0.547. The largest absolute Gasteiger partial charge is 0.467 e. The third-order valence-corrected chi connectivity index (χ3v) is 4.98. The monoisotopic (exact) mass is 453 g/mol. The number of hydrogen-bond acceptors (Lipinski definition) is 5. The Bertz CT molecular complexity index is 747. The van der Waals surface area contributed by atoms with Gasteiger partial charge in [0.2, 0.25) is 5.91 Å². The van der Waals surface area contributed by atoms with E-state index < -0.39 is 34.9 Å². The average molecular weight is 454 g/mol. The number of benzene rings is 1. The van der Waals surface area contributed by atoms with Gasteiger partial charge in [-0.1, -0.05) is 44.5 Å². The Balaban J connectivity index is 2.90. The lowest BCUT2D eigenvalue weighted by atomic mass is 9.86. The molecule has 0 aliphatic heterocycles. The number of carbonyl (C=O) groups excluding carboxylic acids is 3. The van der Waals surface area contributed by atoms with Crippen LogP contribution in [0.2, 0.25) is 5.02 Å². The smallest absolute Gasteiger partial charge is 0.328 e. The second-order valence-corrected chi connectivity index (χ2v) is 10.3. The number of ether oxygens (including phenoxy) is 2. The minimum Gasteiger partial charge on any atom is -0.467 e. The van der Waals surface area contributed by atoms with Gasteiger partial charge in [-0.25, -0.2) is 4.79 Å². The molecule has 6 nitrogen and oxygen atoms in total. The van der Waals surface area contributed by atoms with Crippen LogP contribution >= 0.6 is 11.6 Å². The molecule has 0 unspecified atom stereocenters. The van der Waals surface area contributed by atoms with Gasteiger partial charge in [-0.2, -0.15) is 0 Å². The number of hydrogen-bond donors (Lipinski definition) is 1. The van der Waals surface area contributed by atoms with E-state index in [-0.39, 0.29) is 12.3 Å². The molecule has 0 radical (unpaired) electrons. The Kier molecular flexibility index (Phi) is 10.0. The van der Waals surface area contributed by atoms with Crippen molar-refractivity contribution in [2.75, 3.05) is 7.11 Å². The van der Waals surface area contributed by atoms with Crippen LogP contribution in [-0.4, -0.2) is 36.6 Å². The van der Waals surface area contributed by atoms with Gasteiger partial charge in [-0.15, -0.1) is 0 Å². The zero-order valence-electron chi connectivity index (χ0n) is 19.7. The second kappa shape index (κ2) is 11.5. The SMILES string of the molecule is COC(=O)[C@@H](NC(=O)[C@H](CCCc1ccc(Cl)cc1)CC(=O)OC(C)(C)C)C(C)(C)C. The molecule has 1 rings (SSSR count). The number of nitrogens with one attached hydrogen (secondary N) is 1. The van der Waals surface area contributed by atoms with Crippen LogP contribution in [0.1, 0.15) is 66.4 Å². The van der Waals surface area contributed by atoms with Crippen LogP contribution in [0.3, 0.4) is 0 Å². The molecule has 0 aliphatic carbocycles. The van der Waals surface area contributed by atoms with Crippen molar-refractivity contribution in [2.45, 2.75) is 78.9 Å². The van der Waals surface area contributed by atoms with Gasteiger partial charge >= 0.3 is 11.9 Å². The van der Waals surface area contributed by atoms with Gasteiger partial charge in [-0.05, 0) is 63.1 Å². The highest BCUT2D eigenvalue weighted by molar-refractivity contribution is 6.30. The van der Waals surface area contributed by atoms with E-state index in [4.69, 9.17) is 21.1 Å². The highest BCUT2D eigenvalue weighted by Crippen LogP contribution is 2.23. The minimum absolute atomic E-state index is 0.0538. The molecule has 1 N–H and O–H groups in total. The maximum absolute atomic E-state index is 13.1. The summed E-state index contributed by atoms with van der Waals surface area (Å²) in [5, 5.41) is 3.46. The Hall–Kier alpha value is -2.08. The molecule has 31 heavy (non-hydrogen) atoms. The fourth-order valence-electron chi connectivity index (χ4n) is 3.12. The number of carbonyl (C=O) groups is 3. The van der Waals surface area contributed by atoms with E-state index in [0.29, 0.717) is 17.9 Å². The highest BCUT2D eigenvalue weighted by Gasteiger charge is 2.36. The molecule has 0 aromatic heterocycles. The summed E-state index contributed by atoms with van der Waals surface area (Å²) in [7, 11) is 1.29. The van der Waals surface area contributed by atoms with Crippen molar-refractivity contribution in [1.82, 2.24) is 5.32 Å². The number of rotatable bonds is 9. The van der Waals surface area contributed by atoms with Crippen molar-refractivity contribution in [2.24, 2.45) is 11.3 Å². The molecule has 0 aliphatic rings. The molecule has 0 heterocycles.